The van der Waals surface area contributed by atoms with Crippen molar-refractivity contribution >= 4 is 23.4 Å². The lowest BCUT2D eigenvalue weighted by Gasteiger charge is -2.39. The van der Waals surface area contributed by atoms with Gasteiger partial charge in [-0.05, 0) is 99.0 Å². The molecule has 0 unspecified atom stereocenters. The molecule has 2 aliphatic rings. The van der Waals surface area contributed by atoms with Gasteiger partial charge in [0, 0.05) is 40.3 Å². The molecule has 0 atom stereocenters. The third kappa shape index (κ3) is 7.26. The molecule has 5 heteroatoms. The second-order valence-corrected chi connectivity index (χ2v) is 13.7. The molecule has 1 aliphatic carbocycles. The Hall–Kier alpha value is -3.67. The summed E-state index contributed by atoms with van der Waals surface area (Å²) in [5.41, 5.74) is 6.89. The quantitative estimate of drug-likeness (QED) is 0.189. The molecule has 45 heavy (non-hydrogen) atoms. The van der Waals surface area contributed by atoms with E-state index in [1.54, 1.807) is 0 Å². The van der Waals surface area contributed by atoms with Gasteiger partial charge in [0.15, 0.2) is 0 Å². The van der Waals surface area contributed by atoms with E-state index in [1.165, 1.54) is 69.8 Å². The van der Waals surface area contributed by atoms with Crippen molar-refractivity contribution in [2.45, 2.75) is 83.2 Å². The smallest absolute Gasteiger partial charge is 0.314 e. The zero-order chi connectivity index (χ0) is 31.8. The number of likely N-dealkylation sites (tertiary alicyclic amines) is 1. The molecule has 236 valence electrons. The van der Waals surface area contributed by atoms with Gasteiger partial charge in [-0.25, -0.2) is 0 Å². The molecule has 1 aliphatic heterocycles. The Bertz CT molecular complexity index is 1570. The Labute approximate surface area is 273 Å². The van der Waals surface area contributed by atoms with E-state index in [4.69, 9.17) is 0 Å². The van der Waals surface area contributed by atoms with Crippen LogP contribution in [0.2, 0.25) is 0 Å². The number of carbonyl (C=O) groups is 1. The number of nitrogens with zero attached hydrogens (tertiary/aromatic N) is 2. The minimum atomic E-state index is -0.780. The van der Waals surface area contributed by atoms with Crippen molar-refractivity contribution in [3.05, 3.63) is 125 Å². The molecule has 2 aromatic carbocycles. The lowest BCUT2D eigenvalue weighted by atomic mass is 9.73. The van der Waals surface area contributed by atoms with Crippen LogP contribution in [0.3, 0.4) is 0 Å². The SMILES string of the molecule is C/C=C\c1c(C)c(-c2ccc(CN3CCC(C(=O)O)(c4ccccc4)CC3)s2)cn1Cc1ccc(C2CCCCC2)cc1.C=C. The summed E-state index contributed by atoms with van der Waals surface area (Å²) in [6, 6.07) is 23.7. The third-order valence-corrected chi connectivity index (χ3v) is 11.0. The van der Waals surface area contributed by atoms with Crippen LogP contribution >= 0.6 is 11.3 Å². The number of hydrogen-bond donors (Lipinski definition) is 1. The number of benzene rings is 2. The first-order valence-electron chi connectivity index (χ1n) is 16.5. The highest BCUT2D eigenvalue weighted by Crippen LogP contribution is 2.39. The summed E-state index contributed by atoms with van der Waals surface area (Å²) in [7, 11) is 0. The maximum Gasteiger partial charge on any atom is 0.314 e. The van der Waals surface area contributed by atoms with Gasteiger partial charge in [-0.3, -0.25) is 9.69 Å². The number of aliphatic carboxylic acids is 1. The second-order valence-electron chi connectivity index (χ2n) is 12.6. The van der Waals surface area contributed by atoms with Crippen LogP contribution in [-0.2, 0) is 23.3 Å². The zero-order valence-corrected chi connectivity index (χ0v) is 27.8. The van der Waals surface area contributed by atoms with Gasteiger partial charge < -0.3 is 9.67 Å². The van der Waals surface area contributed by atoms with Crippen molar-refractivity contribution in [2.75, 3.05) is 13.1 Å². The summed E-state index contributed by atoms with van der Waals surface area (Å²) in [6.45, 7) is 13.6. The average molecular weight is 621 g/mol. The summed E-state index contributed by atoms with van der Waals surface area (Å²) >= 11 is 1.87. The highest BCUT2D eigenvalue weighted by atomic mass is 32.1. The number of piperidine rings is 1. The molecule has 2 fully saturated rings. The minimum absolute atomic E-state index is 0.640. The number of rotatable bonds is 9. The summed E-state index contributed by atoms with van der Waals surface area (Å²) < 4.78 is 2.40. The van der Waals surface area contributed by atoms with Gasteiger partial charge in [0.25, 0.3) is 0 Å². The van der Waals surface area contributed by atoms with E-state index in [2.05, 4.69) is 91.2 Å². The van der Waals surface area contributed by atoms with E-state index >= 15 is 0 Å². The Morgan fingerprint density at radius 1 is 0.956 bits per heavy atom. The normalized spacial score (nSPS) is 17.2. The number of hydrogen-bond acceptors (Lipinski definition) is 3. The predicted octanol–water partition coefficient (Wildman–Crippen LogP) is 10.1. The van der Waals surface area contributed by atoms with E-state index in [0.29, 0.717) is 12.8 Å². The fourth-order valence-electron chi connectivity index (χ4n) is 7.27. The standard InChI is InChI=1S/C38H44N2O2S.C2H4/c1-3-10-35-28(2)34(27-40(35)25-29-15-17-31(18-16-29)30-11-6-4-7-12-30)36-20-19-33(43-36)26-39-23-21-38(22-24-39,37(41)42)32-13-8-5-9-14-32;1-2/h3,5,8-10,13-20,27,30H,4,6-7,11-12,21-26H2,1-2H3,(H,41,42);1-2H2/b10-3-;. The van der Waals surface area contributed by atoms with Crippen molar-refractivity contribution < 1.29 is 9.90 Å². The Balaban J connectivity index is 0.00000196. The first-order valence-corrected chi connectivity index (χ1v) is 17.3. The number of carboxylic acids is 1. The molecule has 4 nitrogen and oxygen atoms in total. The van der Waals surface area contributed by atoms with Gasteiger partial charge in [-0.15, -0.1) is 24.5 Å². The van der Waals surface area contributed by atoms with Gasteiger partial charge in [0.05, 0.1) is 5.41 Å². The van der Waals surface area contributed by atoms with E-state index in [-0.39, 0.29) is 0 Å². The number of aromatic nitrogens is 1. The van der Waals surface area contributed by atoms with Crippen LogP contribution in [0.4, 0.5) is 0 Å². The molecule has 1 saturated carbocycles. The zero-order valence-electron chi connectivity index (χ0n) is 27.0. The average Bonchev–Trinajstić information content (AvgIpc) is 3.67. The van der Waals surface area contributed by atoms with Crippen LogP contribution < -0.4 is 0 Å². The summed E-state index contributed by atoms with van der Waals surface area (Å²) in [6.07, 6.45) is 14.8. The van der Waals surface area contributed by atoms with Crippen LogP contribution in [0.15, 0.2) is 92.2 Å². The fraction of sp³-hybridized carbons (Fsp3) is 0.375. The van der Waals surface area contributed by atoms with Gasteiger partial charge >= 0.3 is 5.97 Å². The predicted molar refractivity (Wildman–Crippen MR) is 190 cm³/mol. The van der Waals surface area contributed by atoms with Gasteiger partial charge in [0.2, 0.25) is 0 Å². The fourth-order valence-corrected chi connectivity index (χ4v) is 8.38. The first-order chi connectivity index (χ1) is 22.0. The Morgan fingerprint density at radius 3 is 2.29 bits per heavy atom. The minimum Gasteiger partial charge on any atom is -0.481 e. The van der Waals surface area contributed by atoms with E-state index in [0.717, 1.165) is 37.7 Å². The van der Waals surface area contributed by atoms with Crippen molar-refractivity contribution in [3.63, 3.8) is 0 Å². The van der Waals surface area contributed by atoms with E-state index in [1.807, 2.05) is 41.7 Å². The van der Waals surface area contributed by atoms with Crippen molar-refractivity contribution in [1.82, 2.24) is 9.47 Å². The van der Waals surface area contributed by atoms with Gasteiger partial charge in [-0.1, -0.05) is 79.9 Å². The van der Waals surface area contributed by atoms with Crippen molar-refractivity contribution in [1.29, 1.82) is 0 Å². The molecule has 1 N–H and O–H groups in total. The van der Waals surface area contributed by atoms with Crippen LogP contribution in [-0.4, -0.2) is 33.6 Å². The maximum atomic E-state index is 12.4. The number of allylic oxidation sites excluding steroid dienone is 1. The topological polar surface area (TPSA) is 45.5 Å². The molecule has 0 amide bonds. The van der Waals surface area contributed by atoms with E-state index in [9.17, 15) is 9.90 Å². The first kappa shape index (κ1) is 32.7. The van der Waals surface area contributed by atoms with Crippen molar-refractivity contribution in [3.8, 4) is 10.4 Å². The highest BCUT2D eigenvalue weighted by Gasteiger charge is 2.43. The second kappa shape index (κ2) is 15.1. The monoisotopic (exact) mass is 620 g/mol. The molecule has 0 bridgehead atoms. The lowest BCUT2D eigenvalue weighted by Crippen LogP contribution is -2.46. The Kier molecular flexibility index (Phi) is 11.0. The van der Waals surface area contributed by atoms with Gasteiger partial charge in [-0.2, -0.15) is 0 Å². The molecule has 0 radical (unpaired) electrons. The van der Waals surface area contributed by atoms with Crippen LogP contribution in [0, 0.1) is 6.92 Å². The number of thiophene rings is 1. The van der Waals surface area contributed by atoms with Crippen molar-refractivity contribution in [2.24, 2.45) is 0 Å². The summed E-state index contributed by atoms with van der Waals surface area (Å²) in [5, 5.41) is 10.2. The molecular formula is C40H48N2O2S. The largest absolute Gasteiger partial charge is 0.481 e. The molecule has 1 saturated heterocycles. The molecular weight excluding hydrogens is 573 g/mol. The highest BCUT2D eigenvalue weighted by molar-refractivity contribution is 7.15. The molecule has 6 rings (SSSR count). The van der Waals surface area contributed by atoms with Gasteiger partial charge in [0.1, 0.15) is 0 Å². The van der Waals surface area contributed by atoms with Crippen LogP contribution in [0.25, 0.3) is 16.5 Å². The number of carboxylic acid groups (broad SMARTS) is 1. The summed E-state index contributed by atoms with van der Waals surface area (Å²) in [5.74, 6) is 0.0391. The third-order valence-electron chi connectivity index (χ3n) is 9.87. The van der Waals surface area contributed by atoms with Crippen LogP contribution in [0.1, 0.15) is 90.6 Å². The Morgan fingerprint density at radius 2 is 1.64 bits per heavy atom. The maximum absolute atomic E-state index is 12.4. The molecule has 3 heterocycles. The summed E-state index contributed by atoms with van der Waals surface area (Å²) in [4.78, 5) is 17.4. The molecule has 4 aromatic rings. The molecule has 2 aromatic heterocycles. The molecule has 0 spiro atoms. The van der Waals surface area contributed by atoms with Crippen LogP contribution in [0.5, 0.6) is 0 Å². The van der Waals surface area contributed by atoms with E-state index < -0.39 is 11.4 Å². The lowest BCUT2D eigenvalue weighted by molar-refractivity contribution is -0.146.